The summed E-state index contributed by atoms with van der Waals surface area (Å²) >= 11 is 6.25. The van der Waals surface area contributed by atoms with Crippen LogP contribution in [0.1, 0.15) is 31.2 Å². The molecule has 3 rings (SSSR count). The van der Waals surface area contributed by atoms with Gasteiger partial charge in [0.05, 0.1) is 12.5 Å². The van der Waals surface area contributed by atoms with Gasteiger partial charge in [-0.3, -0.25) is 4.79 Å². The highest BCUT2D eigenvalue weighted by atomic mass is 35.5. The number of carbonyl (C=O) groups is 1. The summed E-state index contributed by atoms with van der Waals surface area (Å²) in [5, 5.41) is 0.195. The molecule has 1 saturated heterocycles. The van der Waals surface area contributed by atoms with Gasteiger partial charge in [-0.1, -0.05) is 25.1 Å². The first-order chi connectivity index (χ1) is 9.66. The Hall–Kier alpha value is -1.22. The van der Waals surface area contributed by atoms with Crippen molar-refractivity contribution in [1.82, 2.24) is 4.90 Å². The number of fused-ring (bicyclic) bond motifs is 1. The Balaban J connectivity index is 1.78. The summed E-state index contributed by atoms with van der Waals surface area (Å²) in [4.78, 5) is 14.8. The topological polar surface area (TPSA) is 29.5 Å². The number of likely N-dealkylation sites (tertiary alicyclic amines) is 1. The highest BCUT2D eigenvalue weighted by Gasteiger charge is 2.34. The van der Waals surface area contributed by atoms with E-state index in [1.165, 1.54) is 0 Å². The minimum atomic E-state index is -0.0565. The Kier molecular flexibility index (Phi) is 3.88. The molecule has 3 atom stereocenters. The molecule has 4 heteroatoms. The zero-order valence-corrected chi connectivity index (χ0v) is 12.5. The summed E-state index contributed by atoms with van der Waals surface area (Å²) in [7, 11) is 0. The minimum absolute atomic E-state index is 0.0565. The molecule has 0 N–H and O–H groups in total. The third kappa shape index (κ3) is 2.51. The fourth-order valence-electron chi connectivity index (χ4n) is 3.14. The number of halogens is 1. The van der Waals surface area contributed by atoms with Crippen molar-refractivity contribution in [2.45, 2.75) is 31.1 Å². The van der Waals surface area contributed by atoms with E-state index in [0.717, 1.165) is 37.2 Å². The first kappa shape index (κ1) is 13.7. The highest BCUT2D eigenvalue weighted by Crippen LogP contribution is 2.35. The Morgan fingerprint density at radius 3 is 2.95 bits per heavy atom. The molecule has 108 valence electrons. The molecule has 1 amide bonds. The number of piperidine rings is 1. The molecule has 2 aliphatic rings. The van der Waals surface area contributed by atoms with E-state index in [-0.39, 0.29) is 17.2 Å². The van der Waals surface area contributed by atoms with Crippen molar-refractivity contribution < 1.29 is 9.53 Å². The van der Waals surface area contributed by atoms with Crippen molar-refractivity contribution >= 4 is 17.5 Å². The molecule has 0 saturated carbocycles. The number of carbonyl (C=O) groups excluding carboxylic acids is 1. The lowest BCUT2D eigenvalue weighted by atomic mass is 9.90. The number of rotatable bonds is 1. The second-order valence-electron chi connectivity index (χ2n) is 5.79. The molecule has 2 heterocycles. The number of alkyl halides is 1. The van der Waals surface area contributed by atoms with Crippen molar-refractivity contribution in [3.63, 3.8) is 0 Å². The predicted molar refractivity (Wildman–Crippen MR) is 79.3 cm³/mol. The summed E-state index contributed by atoms with van der Waals surface area (Å²) in [5.74, 6) is 1.40. The van der Waals surface area contributed by atoms with E-state index < -0.39 is 0 Å². The third-order valence-electron chi connectivity index (χ3n) is 4.37. The maximum atomic E-state index is 12.8. The number of nitrogens with zero attached hydrogens (tertiary/aromatic N) is 1. The van der Waals surface area contributed by atoms with Crippen LogP contribution in [0.3, 0.4) is 0 Å². The summed E-state index contributed by atoms with van der Waals surface area (Å²) in [6.07, 6.45) is 1.66. The van der Waals surface area contributed by atoms with Gasteiger partial charge in [0.2, 0.25) is 5.91 Å². The molecule has 0 spiro atoms. The number of para-hydroxylation sites is 1. The molecule has 20 heavy (non-hydrogen) atoms. The molecule has 1 aromatic carbocycles. The normalized spacial score (nSPS) is 29.5. The van der Waals surface area contributed by atoms with Gasteiger partial charge >= 0.3 is 0 Å². The monoisotopic (exact) mass is 293 g/mol. The van der Waals surface area contributed by atoms with Gasteiger partial charge in [-0.2, -0.15) is 0 Å². The third-order valence-corrected chi connectivity index (χ3v) is 5.02. The van der Waals surface area contributed by atoms with Crippen LogP contribution in [0.15, 0.2) is 24.3 Å². The van der Waals surface area contributed by atoms with Crippen LogP contribution in [-0.2, 0) is 4.79 Å². The second kappa shape index (κ2) is 5.65. The van der Waals surface area contributed by atoms with Crippen molar-refractivity contribution in [1.29, 1.82) is 0 Å². The molecular weight excluding hydrogens is 274 g/mol. The molecule has 0 bridgehead atoms. The van der Waals surface area contributed by atoms with E-state index in [0.29, 0.717) is 12.5 Å². The zero-order chi connectivity index (χ0) is 14.1. The standard InChI is InChI=1S/C16H20ClNO2/c1-11-10-18(8-6-14(11)17)16(19)13-7-9-20-15-5-3-2-4-12(13)15/h2-5,11,13-14H,6-10H2,1H3. The Labute approximate surface area is 124 Å². The van der Waals surface area contributed by atoms with Crippen LogP contribution in [-0.4, -0.2) is 35.9 Å². The quantitative estimate of drug-likeness (QED) is 0.745. The summed E-state index contributed by atoms with van der Waals surface area (Å²) in [5.41, 5.74) is 1.03. The fraction of sp³-hybridized carbons (Fsp3) is 0.562. The molecule has 1 aromatic rings. The van der Waals surface area contributed by atoms with Crippen LogP contribution in [0.5, 0.6) is 5.75 Å². The first-order valence-electron chi connectivity index (χ1n) is 7.31. The van der Waals surface area contributed by atoms with Crippen molar-refractivity contribution in [3.8, 4) is 5.75 Å². The van der Waals surface area contributed by atoms with Gasteiger partial charge in [0.1, 0.15) is 5.75 Å². The van der Waals surface area contributed by atoms with Gasteiger partial charge in [0.25, 0.3) is 0 Å². The van der Waals surface area contributed by atoms with E-state index in [2.05, 4.69) is 6.92 Å². The summed E-state index contributed by atoms with van der Waals surface area (Å²) in [6, 6.07) is 7.88. The largest absolute Gasteiger partial charge is 0.493 e. The molecule has 3 unspecified atom stereocenters. The maximum Gasteiger partial charge on any atom is 0.230 e. The molecule has 0 aromatic heterocycles. The summed E-state index contributed by atoms with van der Waals surface area (Å²) < 4.78 is 5.64. The van der Waals surface area contributed by atoms with Gasteiger partial charge in [-0.05, 0) is 24.8 Å². The predicted octanol–water partition coefficient (Wildman–Crippen LogP) is 3.03. The lowest BCUT2D eigenvalue weighted by Gasteiger charge is -2.37. The van der Waals surface area contributed by atoms with E-state index >= 15 is 0 Å². The van der Waals surface area contributed by atoms with E-state index in [1.807, 2.05) is 29.2 Å². The van der Waals surface area contributed by atoms with Gasteiger partial charge < -0.3 is 9.64 Å². The molecule has 3 nitrogen and oxygen atoms in total. The Morgan fingerprint density at radius 2 is 2.15 bits per heavy atom. The lowest BCUT2D eigenvalue weighted by Crippen LogP contribution is -2.46. The van der Waals surface area contributed by atoms with Crippen LogP contribution in [0.4, 0.5) is 0 Å². The first-order valence-corrected chi connectivity index (χ1v) is 7.75. The second-order valence-corrected chi connectivity index (χ2v) is 6.35. The number of ether oxygens (including phenoxy) is 1. The van der Waals surface area contributed by atoms with Crippen LogP contribution in [0, 0.1) is 5.92 Å². The molecule has 0 aliphatic carbocycles. The van der Waals surface area contributed by atoms with E-state index in [4.69, 9.17) is 16.3 Å². The molecule has 1 fully saturated rings. The van der Waals surface area contributed by atoms with Crippen molar-refractivity contribution in [2.24, 2.45) is 5.92 Å². The van der Waals surface area contributed by atoms with Gasteiger partial charge in [-0.15, -0.1) is 11.6 Å². The number of hydrogen-bond acceptors (Lipinski definition) is 2. The summed E-state index contributed by atoms with van der Waals surface area (Å²) in [6.45, 7) is 4.29. The van der Waals surface area contributed by atoms with Crippen LogP contribution in [0.25, 0.3) is 0 Å². The van der Waals surface area contributed by atoms with Gasteiger partial charge in [-0.25, -0.2) is 0 Å². The SMILES string of the molecule is CC1CN(C(=O)C2CCOc3ccccc32)CCC1Cl. The minimum Gasteiger partial charge on any atom is -0.493 e. The number of amides is 1. The number of hydrogen-bond donors (Lipinski definition) is 0. The molecular formula is C16H20ClNO2. The highest BCUT2D eigenvalue weighted by molar-refractivity contribution is 6.20. The van der Waals surface area contributed by atoms with Gasteiger partial charge in [0, 0.05) is 24.0 Å². The molecule has 0 radical (unpaired) electrons. The average molecular weight is 294 g/mol. The van der Waals surface area contributed by atoms with Crippen molar-refractivity contribution in [3.05, 3.63) is 29.8 Å². The van der Waals surface area contributed by atoms with E-state index in [9.17, 15) is 4.79 Å². The Bertz CT molecular complexity index is 505. The lowest BCUT2D eigenvalue weighted by molar-refractivity contribution is -0.135. The van der Waals surface area contributed by atoms with E-state index in [1.54, 1.807) is 0 Å². The van der Waals surface area contributed by atoms with Crippen molar-refractivity contribution in [2.75, 3.05) is 19.7 Å². The van der Waals surface area contributed by atoms with Crippen LogP contribution < -0.4 is 4.74 Å². The van der Waals surface area contributed by atoms with Crippen LogP contribution in [0.2, 0.25) is 0 Å². The fourth-order valence-corrected chi connectivity index (χ4v) is 3.31. The average Bonchev–Trinajstić information content (AvgIpc) is 2.49. The zero-order valence-electron chi connectivity index (χ0n) is 11.7. The Morgan fingerprint density at radius 1 is 1.35 bits per heavy atom. The van der Waals surface area contributed by atoms with Gasteiger partial charge in [0.15, 0.2) is 0 Å². The maximum absolute atomic E-state index is 12.8. The smallest absolute Gasteiger partial charge is 0.230 e. The van der Waals surface area contributed by atoms with Crippen LogP contribution >= 0.6 is 11.6 Å². The number of benzene rings is 1. The molecule has 2 aliphatic heterocycles.